The molecule has 98 valence electrons. The smallest absolute Gasteiger partial charge is 0.314 e. The number of hydrogen-bond donors (Lipinski definition) is 3. The van der Waals surface area contributed by atoms with E-state index in [1.165, 1.54) is 0 Å². The van der Waals surface area contributed by atoms with E-state index >= 15 is 0 Å². The SMILES string of the molecule is C=CCCCC(C)NC(=O)NCCCC(=O)O. The Labute approximate surface area is 102 Å². The first kappa shape index (κ1) is 15.5. The lowest BCUT2D eigenvalue weighted by molar-refractivity contribution is -0.137. The zero-order valence-corrected chi connectivity index (χ0v) is 10.4. The number of carbonyl (C=O) groups is 2. The van der Waals surface area contributed by atoms with Crippen molar-refractivity contribution in [1.29, 1.82) is 0 Å². The highest BCUT2D eigenvalue weighted by atomic mass is 16.4. The van der Waals surface area contributed by atoms with E-state index in [4.69, 9.17) is 5.11 Å². The Kier molecular flexibility index (Phi) is 8.82. The lowest BCUT2D eigenvalue weighted by Gasteiger charge is -2.13. The van der Waals surface area contributed by atoms with Gasteiger partial charge in [0.05, 0.1) is 0 Å². The highest BCUT2D eigenvalue weighted by molar-refractivity contribution is 5.74. The fourth-order valence-electron chi connectivity index (χ4n) is 1.36. The van der Waals surface area contributed by atoms with Gasteiger partial charge in [0, 0.05) is 19.0 Å². The predicted molar refractivity (Wildman–Crippen MR) is 66.9 cm³/mol. The molecule has 0 aliphatic rings. The number of carboxylic acid groups (broad SMARTS) is 1. The van der Waals surface area contributed by atoms with E-state index in [-0.39, 0.29) is 18.5 Å². The maximum atomic E-state index is 11.3. The molecule has 0 aromatic rings. The normalized spacial score (nSPS) is 11.6. The van der Waals surface area contributed by atoms with Gasteiger partial charge in [-0.05, 0) is 32.6 Å². The number of aliphatic carboxylic acids is 1. The van der Waals surface area contributed by atoms with E-state index in [1.54, 1.807) is 0 Å². The lowest BCUT2D eigenvalue weighted by atomic mass is 10.1. The fraction of sp³-hybridized carbons (Fsp3) is 0.667. The minimum Gasteiger partial charge on any atom is -0.481 e. The summed E-state index contributed by atoms with van der Waals surface area (Å²) < 4.78 is 0. The number of allylic oxidation sites excluding steroid dienone is 1. The highest BCUT2D eigenvalue weighted by Crippen LogP contribution is 2.00. The Morgan fingerprint density at radius 3 is 2.71 bits per heavy atom. The quantitative estimate of drug-likeness (QED) is 0.427. The molecule has 0 heterocycles. The van der Waals surface area contributed by atoms with Gasteiger partial charge in [-0.2, -0.15) is 0 Å². The van der Waals surface area contributed by atoms with Crippen molar-refractivity contribution in [3.05, 3.63) is 12.7 Å². The van der Waals surface area contributed by atoms with Crippen LogP contribution in [0.15, 0.2) is 12.7 Å². The summed E-state index contributed by atoms with van der Waals surface area (Å²) in [4.78, 5) is 21.6. The van der Waals surface area contributed by atoms with Gasteiger partial charge in [0.15, 0.2) is 0 Å². The van der Waals surface area contributed by atoms with Crippen LogP contribution in [0.1, 0.15) is 39.0 Å². The summed E-state index contributed by atoms with van der Waals surface area (Å²) in [7, 11) is 0. The topological polar surface area (TPSA) is 78.4 Å². The van der Waals surface area contributed by atoms with Crippen molar-refractivity contribution in [1.82, 2.24) is 10.6 Å². The first-order valence-electron chi connectivity index (χ1n) is 5.93. The van der Waals surface area contributed by atoms with E-state index in [2.05, 4.69) is 17.2 Å². The maximum absolute atomic E-state index is 11.3. The molecule has 5 heteroatoms. The molecular formula is C12H22N2O3. The molecule has 0 aromatic carbocycles. The minimum atomic E-state index is -0.843. The molecule has 0 bridgehead atoms. The second-order valence-corrected chi connectivity index (χ2v) is 4.02. The van der Waals surface area contributed by atoms with Crippen LogP contribution >= 0.6 is 0 Å². The number of urea groups is 1. The van der Waals surface area contributed by atoms with Gasteiger partial charge < -0.3 is 15.7 Å². The van der Waals surface area contributed by atoms with Crippen LogP contribution in [0.3, 0.4) is 0 Å². The Bertz CT molecular complexity index is 254. The summed E-state index contributed by atoms with van der Waals surface area (Å²) in [5.41, 5.74) is 0. The van der Waals surface area contributed by atoms with E-state index in [1.807, 2.05) is 13.0 Å². The van der Waals surface area contributed by atoms with E-state index in [0.717, 1.165) is 19.3 Å². The Morgan fingerprint density at radius 1 is 1.41 bits per heavy atom. The van der Waals surface area contributed by atoms with Gasteiger partial charge >= 0.3 is 12.0 Å². The van der Waals surface area contributed by atoms with Crippen LogP contribution in [0, 0.1) is 0 Å². The van der Waals surface area contributed by atoms with Crippen molar-refractivity contribution in [2.75, 3.05) is 6.54 Å². The van der Waals surface area contributed by atoms with E-state index in [9.17, 15) is 9.59 Å². The molecule has 0 aliphatic heterocycles. The monoisotopic (exact) mass is 242 g/mol. The Balaban J connectivity index is 3.49. The van der Waals surface area contributed by atoms with Crippen molar-refractivity contribution in [2.45, 2.75) is 45.1 Å². The van der Waals surface area contributed by atoms with Gasteiger partial charge in [-0.1, -0.05) is 6.08 Å². The second kappa shape index (κ2) is 9.69. The fourth-order valence-corrected chi connectivity index (χ4v) is 1.36. The van der Waals surface area contributed by atoms with Crippen molar-refractivity contribution in [3.63, 3.8) is 0 Å². The molecular weight excluding hydrogens is 220 g/mol. The number of rotatable bonds is 9. The molecule has 0 rings (SSSR count). The summed E-state index contributed by atoms with van der Waals surface area (Å²) in [6.07, 6.45) is 5.26. The van der Waals surface area contributed by atoms with Gasteiger partial charge in [-0.3, -0.25) is 4.79 Å². The van der Waals surface area contributed by atoms with Gasteiger partial charge in [-0.15, -0.1) is 6.58 Å². The first-order valence-corrected chi connectivity index (χ1v) is 5.93. The van der Waals surface area contributed by atoms with Crippen LogP contribution in [0.5, 0.6) is 0 Å². The highest BCUT2D eigenvalue weighted by Gasteiger charge is 2.06. The van der Waals surface area contributed by atoms with Crippen molar-refractivity contribution in [3.8, 4) is 0 Å². The molecule has 0 saturated heterocycles. The lowest BCUT2D eigenvalue weighted by Crippen LogP contribution is -2.41. The first-order chi connectivity index (χ1) is 8.06. The van der Waals surface area contributed by atoms with Gasteiger partial charge in [-0.25, -0.2) is 4.79 Å². The number of hydrogen-bond acceptors (Lipinski definition) is 2. The van der Waals surface area contributed by atoms with Crippen molar-refractivity contribution < 1.29 is 14.7 Å². The molecule has 3 N–H and O–H groups in total. The van der Waals surface area contributed by atoms with Gasteiger partial charge in [0.1, 0.15) is 0 Å². The third-order valence-electron chi connectivity index (χ3n) is 2.28. The third kappa shape index (κ3) is 10.8. The van der Waals surface area contributed by atoms with Crippen LogP contribution in [0.2, 0.25) is 0 Å². The van der Waals surface area contributed by atoms with Crippen LogP contribution in [0.25, 0.3) is 0 Å². The zero-order chi connectivity index (χ0) is 13.1. The Morgan fingerprint density at radius 2 is 2.12 bits per heavy atom. The molecule has 2 amide bonds. The average Bonchev–Trinajstić information content (AvgIpc) is 2.24. The summed E-state index contributed by atoms with van der Waals surface area (Å²) >= 11 is 0. The molecule has 0 fully saturated rings. The number of amides is 2. The van der Waals surface area contributed by atoms with Crippen molar-refractivity contribution in [2.24, 2.45) is 0 Å². The van der Waals surface area contributed by atoms with Crippen molar-refractivity contribution >= 4 is 12.0 Å². The number of carbonyl (C=O) groups excluding carboxylic acids is 1. The zero-order valence-electron chi connectivity index (χ0n) is 10.4. The molecule has 0 saturated carbocycles. The maximum Gasteiger partial charge on any atom is 0.314 e. The molecule has 0 aromatic heterocycles. The predicted octanol–water partition coefficient (Wildman–Crippen LogP) is 1.90. The van der Waals surface area contributed by atoms with Crippen LogP contribution in [0.4, 0.5) is 4.79 Å². The molecule has 0 spiro atoms. The Hall–Kier alpha value is -1.52. The summed E-state index contributed by atoms with van der Waals surface area (Å²) in [5.74, 6) is -0.843. The van der Waals surface area contributed by atoms with Gasteiger partial charge in [0.2, 0.25) is 0 Å². The van der Waals surface area contributed by atoms with Crippen LogP contribution < -0.4 is 10.6 Å². The molecule has 0 radical (unpaired) electrons. The number of carboxylic acids is 1. The largest absolute Gasteiger partial charge is 0.481 e. The number of nitrogens with one attached hydrogen (secondary N) is 2. The number of unbranched alkanes of at least 4 members (excludes halogenated alkanes) is 1. The molecule has 1 unspecified atom stereocenters. The summed E-state index contributed by atoms with van der Waals surface area (Å²) in [5, 5.41) is 13.8. The van der Waals surface area contributed by atoms with Crippen LogP contribution in [-0.2, 0) is 4.79 Å². The van der Waals surface area contributed by atoms with E-state index < -0.39 is 5.97 Å². The summed E-state index contributed by atoms with van der Waals surface area (Å²) in [6, 6.07) is -0.115. The van der Waals surface area contributed by atoms with E-state index in [0.29, 0.717) is 13.0 Å². The molecule has 17 heavy (non-hydrogen) atoms. The molecule has 5 nitrogen and oxygen atoms in total. The standard InChI is InChI=1S/C12H22N2O3/c1-3-4-5-7-10(2)14-12(17)13-9-6-8-11(15)16/h3,10H,1,4-9H2,2H3,(H,15,16)(H2,13,14,17). The minimum absolute atomic E-state index is 0.0785. The van der Waals surface area contributed by atoms with Gasteiger partial charge in [0.25, 0.3) is 0 Å². The third-order valence-corrected chi connectivity index (χ3v) is 2.28. The molecule has 1 atom stereocenters. The second-order valence-electron chi connectivity index (χ2n) is 4.02. The van der Waals surface area contributed by atoms with Crippen LogP contribution in [-0.4, -0.2) is 29.7 Å². The molecule has 0 aliphatic carbocycles. The average molecular weight is 242 g/mol. The summed E-state index contributed by atoms with van der Waals surface area (Å²) in [6.45, 7) is 5.97.